The molecule has 3 rings (SSSR count). The molecular formula is C22H24Cl2N2O5S. The summed E-state index contributed by atoms with van der Waals surface area (Å²) in [6, 6.07) is 9.80. The van der Waals surface area contributed by atoms with Crippen molar-refractivity contribution < 1.29 is 22.7 Å². The molecule has 1 aliphatic rings. The lowest BCUT2D eigenvalue weighted by atomic mass is 9.98. The number of carbonyl (C=O) groups is 2. The summed E-state index contributed by atoms with van der Waals surface area (Å²) in [5.41, 5.74) is 1.77. The molecule has 1 fully saturated rings. The Labute approximate surface area is 197 Å². The van der Waals surface area contributed by atoms with Crippen molar-refractivity contribution in [1.82, 2.24) is 4.31 Å². The Balaban J connectivity index is 1.73. The van der Waals surface area contributed by atoms with E-state index in [0.29, 0.717) is 41.8 Å². The summed E-state index contributed by atoms with van der Waals surface area (Å²) in [5.74, 6) is -1.65. The maximum atomic E-state index is 13.0. The van der Waals surface area contributed by atoms with Gasteiger partial charge in [0.05, 0.1) is 24.3 Å². The van der Waals surface area contributed by atoms with Gasteiger partial charge in [-0.3, -0.25) is 4.79 Å². The van der Waals surface area contributed by atoms with Crippen LogP contribution in [-0.4, -0.2) is 44.8 Å². The van der Waals surface area contributed by atoms with Crippen LogP contribution in [0.3, 0.4) is 0 Å². The number of amides is 1. The second-order valence-corrected chi connectivity index (χ2v) is 10.4. The largest absolute Gasteiger partial charge is 0.465 e. The van der Waals surface area contributed by atoms with E-state index >= 15 is 0 Å². The number of rotatable bonds is 6. The summed E-state index contributed by atoms with van der Waals surface area (Å²) < 4.78 is 32.1. The number of piperidine rings is 1. The van der Waals surface area contributed by atoms with Gasteiger partial charge in [-0.2, -0.15) is 0 Å². The highest BCUT2D eigenvalue weighted by molar-refractivity contribution is 7.88. The molecule has 0 bridgehead atoms. The average molecular weight is 499 g/mol. The van der Waals surface area contributed by atoms with E-state index in [0.717, 1.165) is 0 Å². The van der Waals surface area contributed by atoms with Gasteiger partial charge in [0.15, 0.2) is 0 Å². The van der Waals surface area contributed by atoms with Crippen molar-refractivity contribution in [2.45, 2.75) is 25.5 Å². The van der Waals surface area contributed by atoms with E-state index in [-0.39, 0.29) is 28.3 Å². The molecule has 1 atom stereocenters. The molecule has 2 aromatic carbocycles. The quantitative estimate of drug-likeness (QED) is 0.600. The number of nitrogens with one attached hydrogen (secondary N) is 1. The van der Waals surface area contributed by atoms with Crippen molar-refractivity contribution in [3.8, 4) is 0 Å². The number of sulfonamides is 1. The van der Waals surface area contributed by atoms with Gasteiger partial charge in [-0.15, -0.1) is 0 Å². The van der Waals surface area contributed by atoms with E-state index in [2.05, 4.69) is 5.32 Å². The maximum absolute atomic E-state index is 13.0. The lowest BCUT2D eigenvalue weighted by Gasteiger charge is -2.31. The van der Waals surface area contributed by atoms with Crippen LogP contribution in [0, 0.1) is 12.8 Å². The Morgan fingerprint density at radius 2 is 1.81 bits per heavy atom. The Hall–Kier alpha value is -2.13. The third-order valence-corrected chi connectivity index (χ3v) is 8.01. The Kier molecular flexibility index (Phi) is 7.82. The van der Waals surface area contributed by atoms with Gasteiger partial charge in [-0.1, -0.05) is 35.3 Å². The summed E-state index contributed by atoms with van der Waals surface area (Å²) in [4.78, 5) is 24.8. The van der Waals surface area contributed by atoms with E-state index in [1.165, 1.54) is 11.4 Å². The van der Waals surface area contributed by atoms with Crippen LogP contribution in [0.5, 0.6) is 0 Å². The molecule has 2 aromatic rings. The predicted octanol–water partition coefficient (Wildman–Crippen LogP) is 4.27. The van der Waals surface area contributed by atoms with Gasteiger partial charge >= 0.3 is 5.97 Å². The molecular weight excluding hydrogens is 475 g/mol. The van der Waals surface area contributed by atoms with E-state index in [1.54, 1.807) is 43.3 Å². The molecule has 32 heavy (non-hydrogen) atoms. The highest BCUT2D eigenvalue weighted by atomic mass is 35.5. The van der Waals surface area contributed by atoms with Crippen molar-refractivity contribution >= 4 is 50.8 Å². The third-order valence-electron chi connectivity index (χ3n) is 5.53. The number of benzene rings is 2. The standard InChI is InChI=1S/C22H24Cl2N2O5S/c1-14-16(22(28)31-2)7-3-10-20(14)25-21(27)15-6-5-11-26(12-15)32(29,30)13-17-18(23)8-4-9-19(17)24/h3-4,7-10,15H,5-6,11-13H2,1-2H3,(H,25,27). The summed E-state index contributed by atoms with van der Waals surface area (Å²) >= 11 is 12.3. The molecule has 0 saturated carbocycles. The van der Waals surface area contributed by atoms with Gasteiger partial charge in [0.2, 0.25) is 15.9 Å². The highest BCUT2D eigenvalue weighted by Gasteiger charge is 2.33. The van der Waals surface area contributed by atoms with Crippen molar-refractivity contribution in [1.29, 1.82) is 0 Å². The van der Waals surface area contributed by atoms with Crippen LogP contribution in [0.1, 0.15) is 34.3 Å². The number of hydrogen-bond acceptors (Lipinski definition) is 5. The van der Waals surface area contributed by atoms with Gasteiger partial charge in [-0.05, 0) is 49.6 Å². The monoisotopic (exact) mass is 498 g/mol. The fourth-order valence-electron chi connectivity index (χ4n) is 3.69. The first kappa shape index (κ1) is 24.5. The average Bonchev–Trinajstić information content (AvgIpc) is 2.77. The molecule has 1 unspecified atom stereocenters. The molecule has 0 aliphatic carbocycles. The van der Waals surface area contributed by atoms with E-state index in [9.17, 15) is 18.0 Å². The van der Waals surface area contributed by atoms with Crippen LogP contribution in [0.4, 0.5) is 5.69 Å². The lowest BCUT2D eigenvalue weighted by Crippen LogP contribution is -2.44. The third kappa shape index (κ3) is 5.43. The van der Waals surface area contributed by atoms with Gasteiger partial charge in [0.1, 0.15) is 0 Å². The minimum absolute atomic E-state index is 0.0615. The van der Waals surface area contributed by atoms with Gasteiger partial charge in [0, 0.05) is 34.4 Å². The van der Waals surface area contributed by atoms with Crippen LogP contribution in [0.25, 0.3) is 0 Å². The number of hydrogen-bond donors (Lipinski definition) is 1. The number of halogens is 2. The molecule has 1 heterocycles. The number of methoxy groups -OCH3 is 1. The molecule has 172 valence electrons. The first-order chi connectivity index (χ1) is 15.1. The summed E-state index contributed by atoms with van der Waals surface area (Å²) in [5, 5.41) is 3.40. The first-order valence-corrected chi connectivity index (χ1v) is 12.4. The number of esters is 1. The molecule has 0 aromatic heterocycles. The highest BCUT2D eigenvalue weighted by Crippen LogP contribution is 2.29. The smallest absolute Gasteiger partial charge is 0.338 e. The fourth-order valence-corrected chi connectivity index (χ4v) is 6.05. The van der Waals surface area contributed by atoms with Crippen molar-refractivity contribution in [2.75, 3.05) is 25.5 Å². The summed E-state index contributed by atoms with van der Waals surface area (Å²) in [7, 11) is -2.44. The van der Waals surface area contributed by atoms with Crippen LogP contribution in [0.2, 0.25) is 10.0 Å². The van der Waals surface area contributed by atoms with Crippen LogP contribution in [-0.2, 0) is 25.3 Å². The van der Waals surface area contributed by atoms with Gasteiger partial charge in [0.25, 0.3) is 0 Å². The minimum Gasteiger partial charge on any atom is -0.465 e. The zero-order valence-electron chi connectivity index (χ0n) is 17.7. The van der Waals surface area contributed by atoms with E-state index < -0.39 is 21.9 Å². The van der Waals surface area contributed by atoms with Crippen molar-refractivity contribution in [2.24, 2.45) is 5.92 Å². The molecule has 10 heteroatoms. The lowest BCUT2D eigenvalue weighted by molar-refractivity contribution is -0.120. The van der Waals surface area contributed by atoms with Crippen LogP contribution in [0.15, 0.2) is 36.4 Å². The molecule has 7 nitrogen and oxygen atoms in total. The Bertz CT molecular complexity index is 1120. The zero-order valence-corrected chi connectivity index (χ0v) is 20.1. The normalized spacial score (nSPS) is 17.1. The molecule has 0 radical (unpaired) electrons. The van der Waals surface area contributed by atoms with Crippen LogP contribution < -0.4 is 5.32 Å². The summed E-state index contributed by atoms with van der Waals surface area (Å²) in [6.45, 7) is 2.10. The zero-order chi connectivity index (χ0) is 23.5. The maximum Gasteiger partial charge on any atom is 0.338 e. The minimum atomic E-state index is -3.73. The predicted molar refractivity (Wildman–Crippen MR) is 125 cm³/mol. The second kappa shape index (κ2) is 10.2. The second-order valence-electron chi connectivity index (χ2n) is 7.61. The van der Waals surface area contributed by atoms with Crippen LogP contribution >= 0.6 is 23.2 Å². The summed E-state index contributed by atoms with van der Waals surface area (Å²) in [6.07, 6.45) is 1.11. The SMILES string of the molecule is COC(=O)c1cccc(NC(=O)C2CCCN(S(=O)(=O)Cc3c(Cl)cccc3Cl)C2)c1C. The Morgan fingerprint density at radius 3 is 2.47 bits per heavy atom. The molecule has 1 aliphatic heterocycles. The Morgan fingerprint density at radius 1 is 1.16 bits per heavy atom. The molecule has 1 N–H and O–H groups in total. The number of anilines is 1. The fraction of sp³-hybridized carbons (Fsp3) is 0.364. The molecule has 0 spiro atoms. The number of ether oxygens (including phenoxy) is 1. The van der Waals surface area contributed by atoms with Gasteiger partial charge in [-0.25, -0.2) is 17.5 Å². The first-order valence-electron chi connectivity index (χ1n) is 10.0. The van der Waals surface area contributed by atoms with Gasteiger partial charge < -0.3 is 10.1 Å². The number of nitrogens with zero attached hydrogens (tertiary/aromatic N) is 1. The topological polar surface area (TPSA) is 92.8 Å². The van der Waals surface area contributed by atoms with Crippen molar-refractivity contribution in [3.05, 3.63) is 63.1 Å². The van der Waals surface area contributed by atoms with E-state index in [1.807, 2.05) is 0 Å². The van der Waals surface area contributed by atoms with E-state index in [4.69, 9.17) is 27.9 Å². The van der Waals surface area contributed by atoms with Crippen molar-refractivity contribution in [3.63, 3.8) is 0 Å². The molecule has 1 amide bonds. The molecule has 1 saturated heterocycles. The number of carbonyl (C=O) groups excluding carboxylic acids is 2.